The summed E-state index contributed by atoms with van der Waals surface area (Å²) in [5.41, 5.74) is 2.16. The van der Waals surface area contributed by atoms with E-state index in [0.29, 0.717) is 18.7 Å². The second-order valence-corrected chi connectivity index (χ2v) is 3.69. The predicted octanol–water partition coefficient (Wildman–Crippen LogP) is 0.00844. The van der Waals surface area contributed by atoms with Gasteiger partial charge in [-0.15, -0.1) is 0 Å². The van der Waals surface area contributed by atoms with Crippen LogP contribution in [0.4, 0.5) is 0 Å². The van der Waals surface area contributed by atoms with Gasteiger partial charge in [0, 0.05) is 7.11 Å². The van der Waals surface area contributed by atoms with Gasteiger partial charge in [-0.2, -0.15) is 0 Å². The molecule has 0 fully saturated rings. The average Bonchev–Trinajstić information content (AvgIpc) is 2.16. The molecule has 0 amide bonds. The zero-order chi connectivity index (χ0) is 12.1. The molecule has 0 saturated heterocycles. The first-order valence-corrected chi connectivity index (χ1v) is 5.15. The highest BCUT2D eigenvalue weighted by Crippen LogP contribution is 2.15. The van der Waals surface area contributed by atoms with Gasteiger partial charge >= 0.3 is 7.12 Å². The molecule has 0 radical (unpaired) electrons. The molecule has 0 aliphatic carbocycles. The Hall–Kier alpha value is -1.04. The Bertz CT molecular complexity index is 329. The molecule has 0 atom stereocenters. The molecule has 88 valence electrons. The summed E-state index contributed by atoms with van der Waals surface area (Å²) >= 11 is 0. The molecule has 1 aromatic carbocycles. The molecule has 1 rings (SSSR count). The van der Waals surface area contributed by atoms with E-state index in [9.17, 15) is 10.0 Å². The van der Waals surface area contributed by atoms with E-state index in [2.05, 4.69) is 0 Å². The lowest BCUT2D eigenvalue weighted by atomic mass is 9.74. The van der Waals surface area contributed by atoms with Crippen molar-refractivity contribution in [3.63, 3.8) is 0 Å². The Kier molecular flexibility index (Phi) is 4.80. The maximum Gasteiger partial charge on any atom is 0.488 e. The van der Waals surface area contributed by atoms with Crippen LogP contribution in [-0.4, -0.2) is 37.5 Å². The first-order valence-electron chi connectivity index (χ1n) is 5.15. The summed E-state index contributed by atoms with van der Waals surface area (Å²) in [6.45, 7) is 4.66. The van der Waals surface area contributed by atoms with Gasteiger partial charge in [-0.05, 0) is 42.6 Å². The number of aryl methyl sites for hydroxylation is 2. The molecule has 5 heteroatoms. The number of hydrogen-bond donors (Lipinski definition) is 2. The minimum absolute atomic E-state index is 0.483. The van der Waals surface area contributed by atoms with Crippen molar-refractivity contribution in [3.8, 4) is 5.75 Å². The molecule has 0 spiro atoms. The molecule has 0 aliphatic rings. The summed E-state index contributed by atoms with van der Waals surface area (Å²) < 4.78 is 10.3. The number of benzene rings is 1. The standard InChI is InChI=1S/C11H17BO4/c1-8-6-10(16-5-4-15-3)7-9(2)11(8)12(13)14/h6-7,13-14H,4-5H2,1-3H3. The highest BCUT2D eigenvalue weighted by molar-refractivity contribution is 6.59. The molecule has 0 bridgehead atoms. The van der Waals surface area contributed by atoms with Crippen LogP contribution in [0, 0.1) is 13.8 Å². The fraction of sp³-hybridized carbons (Fsp3) is 0.455. The van der Waals surface area contributed by atoms with Gasteiger partial charge < -0.3 is 19.5 Å². The lowest BCUT2D eigenvalue weighted by molar-refractivity contribution is 0.146. The maximum absolute atomic E-state index is 9.19. The van der Waals surface area contributed by atoms with Crippen molar-refractivity contribution in [1.82, 2.24) is 0 Å². The molecule has 0 saturated carbocycles. The van der Waals surface area contributed by atoms with Gasteiger partial charge in [-0.1, -0.05) is 0 Å². The zero-order valence-corrected chi connectivity index (χ0v) is 9.86. The van der Waals surface area contributed by atoms with Gasteiger partial charge in [-0.25, -0.2) is 0 Å². The third kappa shape index (κ3) is 3.23. The van der Waals surface area contributed by atoms with E-state index in [1.807, 2.05) is 13.8 Å². The predicted molar refractivity (Wildman–Crippen MR) is 63.1 cm³/mol. The largest absolute Gasteiger partial charge is 0.491 e. The van der Waals surface area contributed by atoms with Crippen LogP contribution in [-0.2, 0) is 4.74 Å². The minimum Gasteiger partial charge on any atom is -0.491 e. The summed E-state index contributed by atoms with van der Waals surface area (Å²) in [5, 5.41) is 18.4. The Morgan fingerprint density at radius 2 is 1.69 bits per heavy atom. The summed E-state index contributed by atoms with van der Waals surface area (Å²) in [4.78, 5) is 0. The van der Waals surface area contributed by atoms with Crippen molar-refractivity contribution in [2.24, 2.45) is 0 Å². The lowest BCUT2D eigenvalue weighted by Crippen LogP contribution is -2.34. The normalized spacial score (nSPS) is 10.3. The number of ether oxygens (including phenoxy) is 2. The molecule has 0 aliphatic heterocycles. The SMILES string of the molecule is COCCOc1cc(C)c(B(O)O)c(C)c1. The summed E-state index contributed by atoms with van der Waals surface area (Å²) in [6.07, 6.45) is 0. The van der Waals surface area contributed by atoms with Crippen LogP contribution in [0.2, 0.25) is 0 Å². The van der Waals surface area contributed by atoms with Crippen LogP contribution in [0.1, 0.15) is 11.1 Å². The van der Waals surface area contributed by atoms with Gasteiger partial charge in [0.1, 0.15) is 12.4 Å². The van der Waals surface area contributed by atoms with Gasteiger partial charge in [0.05, 0.1) is 6.61 Å². The van der Waals surface area contributed by atoms with E-state index >= 15 is 0 Å². The molecule has 16 heavy (non-hydrogen) atoms. The second kappa shape index (κ2) is 5.89. The summed E-state index contributed by atoms with van der Waals surface area (Å²) in [5.74, 6) is 0.719. The third-order valence-electron chi connectivity index (χ3n) is 2.38. The maximum atomic E-state index is 9.19. The van der Waals surface area contributed by atoms with Crippen molar-refractivity contribution in [3.05, 3.63) is 23.3 Å². The van der Waals surface area contributed by atoms with E-state index < -0.39 is 7.12 Å². The average molecular weight is 224 g/mol. The first-order chi connectivity index (χ1) is 7.56. The molecule has 1 aromatic rings. The van der Waals surface area contributed by atoms with E-state index in [4.69, 9.17) is 9.47 Å². The fourth-order valence-corrected chi connectivity index (χ4v) is 1.67. The number of hydrogen-bond acceptors (Lipinski definition) is 4. The van der Waals surface area contributed by atoms with Crippen molar-refractivity contribution in [1.29, 1.82) is 0 Å². The number of methoxy groups -OCH3 is 1. The summed E-state index contributed by atoms with van der Waals surface area (Å²) in [7, 11) is 0.179. The van der Waals surface area contributed by atoms with E-state index in [1.165, 1.54) is 0 Å². The minimum atomic E-state index is -1.44. The zero-order valence-electron chi connectivity index (χ0n) is 9.86. The topological polar surface area (TPSA) is 58.9 Å². The van der Waals surface area contributed by atoms with Crippen molar-refractivity contribution in [2.45, 2.75) is 13.8 Å². The third-order valence-corrected chi connectivity index (χ3v) is 2.38. The van der Waals surface area contributed by atoms with E-state index in [0.717, 1.165) is 16.9 Å². The molecule has 0 unspecified atom stereocenters. The fourth-order valence-electron chi connectivity index (χ4n) is 1.67. The van der Waals surface area contributed by atoms with Crippen molar-refractivity contribution < 1.29 is 19.5 Å². The Balaban J connectivity index is 2.83. The van der Waals surface area contributed by atoms with Crippen LogP contribution >= 0.6 is 0 Å². The van der Waals surface area contributed by atoms with Crippen LogP contribution < -0.4 is 10.2 Å². The van der Waals surface area contributed by atoms with Crippen LogP contribution in [0.3, 0.4) is 0 Å². The molecular weight excluding hydrogens is 207 g/mol. The van der Waals surface area contributed by atoms with Crippen molar-refractivity contribution in [2.75, 3.05) is 20.3 Å². The van der Waals surface area contributed by atoms with E-state index in [-0.39, 0.29) is 0 Å². The molecule has 0 heterocycles. The van der Waals surface area contributed by atoms with Crippen LogP contribution in [0.15, 0.2) is 12.1 Å². The Morgan fingerprint density at radius 3 is 2.12 bits per heavy atom. The second-order valence-electron chi connectivity index (χ2n) is 3.69. The molecule has 4 nitrogen and oxygen atoms in total. The lowest BCUT2D eigenvalue weighted by Gasteiger charge is -2.12. The highest BCUT2D eigenvalue weighted by Gasteiger charge is 2.17. The number of rotatable bonds is 5. The monoisotopic (exact) mass is 224 g/mol. The first kappa shape index (κ1) is 13.0. The van der Waals surface area contributed by atoms with Gasteiger partial charge in [0.15, 0.2) is 0 Å². The van der Waals surface area contributed by atoms with Gasteiger partial charge in [0.2, 0.25) is 0 Å². The Labute approximate surface area is 96.0 Å². The van der Waals surface area contributed by atoms with Crippen molar-refractivity contribution >= 4 is 12.6 Å². The summed E-state index contributed by atoms with van der Waals surface area (Å²) in [6, 6.07) is 3.58. The molecule has 0 aromatic heterocycles. The highest BCUT2D eigenvalue weighted by atomic mass is 16.5. The smallest absolute Gasteiger partial charge is 0.488 e. The Morgan fingerprint density at radius 1 is 1.12 bits per heavy atom. The molecule has 2 N–H and O–H groups in total. The van der Waals surface area contributed by atoms with Crippen LogP contribution in [0.25, 0.3) is 0 Å². The van der Waals surface area contributed by atoms with Gasteiger partial charge in [-0.3, -0.25) is 0 Å². The van der Waals surface area contributed by atoms with E-state index in [1.54, 1.807) is 19.2 Å². The van der Waals surface area contributed by atoms with Crippen LogP contribution in [0.5, 0.6) is 5.75 Å². The quantitative estimate of drug-likeness (QED) is 0.546. The van der Waals surface area contributed by atoms with Gasteiger partial charge in [0.25, 0.3) is 0 Å². The molecular formula is C11H17BO4.